The van der Waals surface area contributed by atoms with Crippen LogP contribution in [0.15, 0.2) is 24.3 Å². The summed E-state index contributed by atoms with van der Waals surface area (Å²) < 4.78 is 5.62. The minimum absolute atomic E-state index is 0.0630. The summed E-state index contributed by atoms with van der Waals surface area (Å²) in [4.78, 5) is 0. The van der Waals surface area contributed by atoms with Crippen LogP contribution in [-0.4, -0.2) is 31.6 Å². The molecule has 0 saturated carbocycles. The van der Waals surface area contributed by atoms with Crippen molar-refractivity contribution in [2.75, 3.05) is 0 Å². The molecule has 0 spiro atoms. The molecular weight excluding hydrogens is 312 g/mol. The van der Waals surface area contributed by atoms with Crippen molar-refractivity contribution in [3.05, 3.63) is 40.4 Å². The van der Waals surface area contributed by atoms with Crippen LogP contribution in [0.1, 0.15) is 17.2 Å². The molecule has 0 amide bonds. The summed E-state index contributed by atoms with van der Waals surface area (Å²) in [5.74, 6) is -1.08. The van der Waals surface area contributed by atoms with E-state index in [0.29, 0.717) is 11.1 Å². The lowest BCUT2D eigenvalue weighted by Crippen LogP contribution is -2.30. The van der Waals surface area contributed by atoms with Crippen LogP contribution >= 0.6 is 11.6 Å². The van der Waals surface area contributed by atoms with E-state index in [1.54, 1.807) is 0 Å². The molecule has 2 unspecified atom stereocenters. The number of fused-ring (bicyclic) bond motifs is 1. The van der Waals surface area contributed by atoms with Gasteiger partial charge in [-0.1, -0.05) is 17.7 Å². The van der Waals surface area contributed by atoms with Crippen molar-refractivity contribution in [3.8, 4) is 28.7 Å². The highest BCUT2D eigenvalue weighted by molar-refractivity contribution is 6.33. The van der Waals surface area contributed by atoms with Crippen LogP contribution < -0.4 is 4.74 Å². The van der Waals surface area contributed by atoms with E-state index in [0.717, 1.165) is 0 Å². The number of rotatable bonds is 1. The van der Waals surface area contributed by atoms with E-state index in [1.807, 2.05) is 0 Å². The second-order valence-corrected chi connectivity index (χ2v) is 5.47. The highest BCUT2D eigenvalue weighted by Gasteiger charge is 2.33. The van der Waals surface area contributed by atoms with Crippen LogP contribution in [0.5, 0.6) is 28.7 Å². The van der Waals surface area contributed by atoms with Crippen LogP contribution in [0.2, 0.25) is 5.02 Å². The molecule has 1 aliphatic rings. The third-order valence-corrected chi connectivity index (χ3v) is 4.00. The maximum atomic E-state index is 10.2. The number of hydrogen-bond donors (Lipinski definition) is 5. The predicted octanol–water partition coefficient (Wildman–Crippen LogP) is 2.20. The van der Waals surface area contributed by atoms with Crippen LogP contribution in [0.4, 0.5) is 0 Å². The van der Waals surface area contributed by atoms with Gasteiger partial charge in [0.05, 0.1) is 6.10 Å². The highest BCUT2D eigenvalue weighted by atomic mass is 35.5. The summed E-state index contributed by atoms with van der Waals surface area (Å²) in [6.45, 7) is 0. The first-order valence-corrected chi connectivity index (χ1v) is 6.86. The lowest BCUT2D eigenvalue weighted by atomic mass is 9.94. The summed E-state index contributed by atoms with van der Waals surface area (Å²) in [7, 11) is 0. The molecule has 7 heteroatoms. The lowest BCUT2D eigenvalue weighted by molar-refractivity contribution is 0.0197. The molecule has 0 aromatic heterocycles. The molecule has 6 nitrogen and oxygen atoms in total. The van der Waals surface area contributed by atoms with Gasteiger partial charge in [0, 0.05) is 18.1 Å². The fraction of sp³-hybridized carbons (Fsp3) is 0.200. The first kappa shape index (κ1) is 14.6. The van der Waals surface area contributed by atoms with Crippen molar-refractivity contribution in [2.45, 2.75) is 18.6 Å². The van der Waals surface area contributed by atoms with Gasteiger partial charge in [0.2, 0.25) is 0 Å². The van der Waals surface area contributed by atoms with E-state index in [1.165, 1.54) is 24.3 Å². The Hall–Kier alpha value is -2.31. The molecule has 0 radical (unpaired) electrons. The molecule has 5 N–H and O–H groups in total. The number of ether oxygens (including phenoxy) is 1. The van der Waals surface area contributed by atoms with Crippen molar-refractivity contribution in [2.24, 2.45) is 0 Å². The second kappa shape index (κ2) is 5.15. The number of phenols is 4. The molecule has 2 aromatic carbocycles. The SMILES string of the molecule is Oc1ccc(C2Oc3cc(O)c(Cl)c(O)c3CC2O)cc1O. The van der Waals surface area contributed by atoms with Crippen molar-refractivity contribution in [3.63, 3.8) is 0 Å². The van der Waals surface area contributed by atoms with Crippen molar-refractivity contribution >= 4 is 11.6 Å². The standard InChI is InChI=1S/C15H13ClO6/c16-13-10(19)5-12-7(14(13)21)4-11(20)15(22-12)6-1-2-8(17)9(18)3-6/h1-3,5,11,15,17-21H,4H2. The molecule has 0 bridgehead atoms. The largest absolute Gasteiger partial charge is 0.506 e. The summed E-state index contributed by atoms with van der Waals surface area (Å²) in [5.41, 5.74) is 0.747. The van der Waals surface area contributed by atoms with Gasteiger partial charge in [0.1, 0.15) is 28.4 Å². The minimum atomic E-state index is -0.997. The third-order valence-electron chi connectivity index (χ3n) is 3.63. The van der Waals surface area contributed by atoms with Gasteiger partial charge in [-0.15, -0.1) is 0 Å². The Balaban J connectivity index is 2.02. The van der Waals surface area contributed by atoms with Crippen LogP contribution in [0.25, 0.3) is 0 Å². The monoisotopic (exact) mass is 324 g/mol. The highest BCUT2D eigenvalue weighted by Crippen LogP contribution is 2.47. The maximum absolute atomic E-state index is 10.2. The molecule has 0 aliphatic carbocycles. The number of hydrogen-bond acceptors (Lipinski definition) is 6. The molecule has 1 heterocycles. The van der Waals surface area contributed by atoms with E-state index in [-0.39, 0.29) is 40.2 Å². The predicted molar refractivity (Wildman–Crippen MR) is 77.6 cm³/mol. The van der Waals surface area contributed by atoms with E-state index < -0.39 is 12.2 Å². The Labute approximate surface area is 130 Å². The molecule has 2 aromatic rings. The van der Waals surface area contributed by atoms with Gasteiger partial charge in [-0.2, -0.15) is 0 Å². The number of aliphatic hydroxyl groups excluding tert-OH is 1. The minimum Gasteiger partial charge on any atom is -0.506 e. The topological polar surface area (TPSA) is 110 Å². The fourth-order valence-corrected chi connectivity index (χ4v) is 2.66. The van der Waals surface area contributed by atoms with E-state index in [4.69, 9.17) is 16.3 Å². The van der Waals surface area contributed by atoms with E-state index in [2.05, 4.69) is 0 Å². The molecule has 1 aliphatic heterocycles. The quantitative estimate of drug-likeness (QED) is 0.514. The molecule has 0 fully saturated rings. The van der Waals surface area contributed by atoms with Gasteiger partial charge >= 0.3 is 0 Å². The first-order valence-electron chi connectivity index (χ1n) is 6.48. The van der Waals surface area contributed by atoms with Crippen LogP contribution in [0.3, 0.4) is 0 Å². The number of halogens is 1. The van der Waals surface area contributed by atoms with Crippen molar-refractivity contribution in [1.29, 1.82) is 0 Å². The summed E-state index contributed by atoms with van der Waals surface area (Å²) in [6, 6.07) is 5.33. The Kier molecular flexibility index (Phi) is 3.42. The number of aromatic hydroxyl groups is 4. The van der Waals surface area contributed by atoms with Crippen molar-refractivity contribution in [1.82, 2.24) is 0 Å². The molecule has 2 atom stereocenters. The van der Waals surface area contributed by atoms with E-state index in [9.17, 15) is 25.5 Å². The average Bonchev–Trinajstić information content (AvgIpc) is 2.48. The third kappa shape index (κ3) is 2.26. The summed E-state index contributed by atoms with van der Waals surface area (Å²) in [6.07, 6.45) is -1.75. The van der Waals surface area contributed by atoms with Gasteiger partial charge in [0.15, 0.2) is 11.5 Å². The molecular formula is C15H13ClO6. The Morgan fingerprint density at radius 2 is 1.73 bits per heavy atom. The van der Waals surface area contributed by atoms with Crippen LogP contribution in [-0.2, 0) is 6.42 Å². The zero-order valence-corrected chi connectivity index (χ0v) is 11.9. The van der Waals surface area contributed by atoms with Crippen LogP contribution in [0, 0.1) is 0 Å². The number of phenolic OH excluding ortho intramolecular Hbond substituents is 4. The van der Waals surface area contributed by atoms with Crippen molar-refractivity contribution < 1.29 is 30.3 Å². The summed E-state index contributed by atoms with van der Waals surface area (Å²) in [5, 5.41) is 48.5. The smallest absolute Gasteiger partial charge is 0.157 e. The molecule has 3 rings (SSSR count). The zero-order valence-electron chi connectivity index (χ0n) is 11.2. The second-order valence-electron chi connectivity index (χ2n) is 5.09. The van der Waals surface area contributed by atoms with Gasteiger partial charge < -0.3 is 30.3 Å². The van der Waals surface area contributed by atoms with E-state index >= 15 is 0 Å². The number of aliphatic hydroxyl groups is 1. The first-order chi connectivity index (χ1) is 10.4. The maximum Gasteiger partial charge on any atom is 0.157 e. The normalized spacial score (nSPS) is 20.3. The number of benzene rings is 2. The van der Waals surface area contributed by atoms with Gasteiger partial charge in [-0.25, -0.2) is 0 Å². The Morgan fingerprint density at radius 3 is 2.41 bits per heavy atom. The Morgan fingerprint density at radius 1 is 1.00 bits per heavy atom. The Bertz CT molecular complexity index is 745. The zero-order chi connectivity index (χ0) is 16.0. The fourth-order valence-electron chi connectivity index (χ4n) is 2.49. The molecule has 22 heavy (non-hydrogen) atoms. The average molecular weight is 325 g/mol. The molecule has 116 valence electrons. The van der Waals surface area contributed by atoms with Gasteiger partial charge in [-0.05, 0) is 17.7 Å². The van der Waals surface area contributed by atoms with Gasteiger partial charge in [-0.3, -0.25) is 0 Å². The lowest BCUT2D eigenvalue weighted by Gasteiger charge is -2.31. The van der Waals surface area contributed by atoms with Gasteiger partial charge in [0.25, 0.3) is 0 Å². The summed E-state index contributed by atoms with van der Waals surface area (Å²) >= 11 is 5.76. The molecule has 0 saturated heterocycles.